The molecule has 6 nitrogen and oxygen atoms in total. The van der Waals surface area contributed by atoms with Gasteiger partial charge in [0.1, 0.15) is 6.04 Å². The third-order valence-electron chi connectivity index (χ3n) is 5.64. The average molecular weight is 385 g/mol. The first-order chi connectivity index (χ1) is 13.9. The number of rotatable bonds is 2. The Balaban J connectivity index is 1.67. The minimum atomic E-state index is -0.315. The van der Waals surface area contributed by atoms with Crippen molar-refractivity contribution in [3.05, 3.63) is 71.2 Å². The van der Waals surface area contributed by atoms with Crippen LogP contribution in [0.15, 0.2) is 60.1 Å². The number of allylic oxidation sites excluding steroid dienone is 2. The number of anilines is 1. The molecule has 0 fully saturated rings. The number of pyridine rings is 1. The van der Waals surface area contributed by atoms with Crippen molar-refractivity contribution in [1.29, 1.82) is 0 Å². The predicted octanol–water partition coefficient (Wildman–Crippen LogP) is 4.31. The van der Waals surface area contributed by atoms with Gasteiger partial charge in [-0.05, 0) is 30.4 Å². The maximum Gasteiger partial charge on any atom is 0.226 e. The lowest BCUT2D eigenvalue weighted by molar-refractivity contribution is -0.118. The number of carbonyl (C=O) groups is 1. The molecule has 1 aliphatic carbocycles. The third kappa shape index (κ3) is 3.05. The molecule has 6 heteroatoms. The van der Waals surface area contributed by atoms with E-state index in [9.17, 15) is 4.79 Å². The van der Waals surface area contributed by atoms with Gasteiger partial charge in [-0.2, -0.15) is 4.98 Å². The summed E-state index contributed by atoms with van der Waals surface area (Å²) >= 11 is 0. The number of ketones is 1. The van der Waals surface area contributed by atoms with Crippen LogP contribution in [0.3, 0.4) is 0 Å². The summed E-state index contributed by atoms with van der Waals surface area (Å²) in [6, 6.07) is 11.7. The van der Waals surface area contributed by atoms with E-state index in [4.69, 9.17) is 10.1 Å². The van der Waals surface area contributed by atoms with Crippen molar-refractivity contribution in [1.82, 2.24) is 19.7 Å². The van der Waals surface area contributed by atoms with E-state index >= 15 is 0 Å². The van der Waals surface area contributed by atoms with Crippen LogP contribution in [0.5, 0.6) is 0 Å². The summed E-state index contributed by atoms with van der Waals surface area (Å²) in [4.78, 5) is 22.2. The molecule has 0 bridgehead atoms. The Bertz CT molecular complexity index is 1130. The Hall–Kier alpha value is -3.28. The molecule has 1 atom stereocenters. The van der Waals surface area contributed by atoms with Crippen LogP contribution in [0.25, 0.3) is 11.4 Å². The molecule has 1 unspecified atom stereocenters. The first kappa shape index (κ1) is 17.8. The van der Waals surface area contributed by atoms with Crippen LogP contribution in [0.1, 0.15) is 43.9 Å². The molecule has 0 amide bonds. The Morgan fingerprint density at radius 2 is 1.93 bits per heavy atom. The molecule has 0 radical (unpaired) electrons. The standard InChI is InChI=1S/C23H23N5O/c1-14-6-8-15(9-7-14)21-26-22-25-17-11-23(2,3)12-18(29)19(17)20(28(22)27-21)16-5-4-10-24-13-16/h4-10,13,20H,11-12H2,1-3H3,(H,25,26,27). The van der Waals surface area contributed by atoms with Gasteiger partial charge in [-0.3, -0.25) is 9.78 Å². The molecule has 5 rings (SSSR count). The summed E-state index contributed by atoms with van der Waals surface area (Å²) in [5.74, 6) is 1.47. The molecule has 1 N–H and O–H groups in total. The van der Waals surface area contributed by atoms with Gasteiger partial charge in [0, 0.05) is 35.6 Å². The molecular formula is C23H23N5O. The molecule has 1 aromatic carbocycles. The lowest BCUT2D eigenvalue weighted by Crippen LogP contribution is -2.36. The number of fused-ring (bicyclic) bond motifs is 1. The number of aryl methyl sites for hydroxylation is 1. The first-order valence-electron chi connectivity index (χ1n) is 9.88. The van der Waals surface area contributed by atoms with Crippen molar-refractivity contribution in [3.63, 3.8) is 0 Å². The van der Waals surface area contributed by atoms with Crippen molar-refractivity contribution < 1.29 is 4.79 Å². The van der Waals surface area contributed by atoms with E-state index in [-0.39, 0.29) is 17.2 Å². The third-order valence-corrected chi connectivity index (χ3v) is 5.64. The van der Waals surface area contributed by atoms with E-state index in [1.807, 2.05) is 35.1 Å². The number of hydrogen-bond acceptors (Lipinski definition) is 5. The zero-order chi connectivity index (χ0) is 20.2. The number of aromatic nitrogens is 4. The molecule has 146 valence electrons. The molecule has 0 saturated heterocycles. The summed E-state index contributed by atoms with van der Waals surface area (Å²) in [5.41, 5.74) is 4.74. The molecular weight excluding hydrogens is 362 g/mol. The largest absolute Gasteiger partial charge is 0.328 e. The van der Waals surface area contributed by atoms with Gasteiger partial charge in [-0.15, -0.1) is 5.10 Å². The van der Waals surface area contributed by atoms with Crippen molar-refractivity contribution >= 4 is 11.7 Å². The van der Waals surface area contributed by atoms with Gasteiger partial charge in [0.15, 0.2) is 11.6 Å². The summed E-state index contributed by atoms with van der Waals surface area (Å²) in [5, 5.41) is 8.21. The fourth-order valence-corrected chi connectivity index (χ4v) is 4.28. The van der Waals surface area contributed by atoms with Crippen LogP contribution in [-0.2, 0) is 4.79 Å². The molecule has 0 saturated carbocycles. The quantitative estimate of drug-likeness (QED) is 0.712. The summed E-state index contributed by atoms with van der Waals surface area (Å²) < 4.78 is 1.83. The molecule has 3 aromatic rings. The van der Waals surface area contributed by atoms with Crippen molar-refractivity contribution in [2.75, 3.05) is 5.32 Å². The van der Waals surface area contributed by atoms with Crippen molar-refractivity contribution in [2.45, 2.75) is 39.7 Å². The topological polar surface area (TPSA) is 72.7 Å². The molecule has 1 aliphatic heterocycles. The Morgan fingerprint density at radius 3 is 2.66 bits per heavy atom. The molecule has 0 spiro atoms. The molecule has 2 aromatic heterocycles. The number of nitrogens with zero attached hydrogens (tertiary/aromatic N) is 4. The monoisotopic (exact) mass is 385 g/mol. The second-order valence-corrected chi connectivity index (χ2v) is 8.72. The molecule has 29 heavy (non-hydrogen) atoms. The van der Waals surface area contributed by atoms with E-state index in [2.05, 4.69) is 43.2 Å². The Morgan fingerprint density at radius 1 is 1.14 bits per heavy atom. The maximum atomic E-state index is 13.2. The van der Waals surface area contributed by atoms with Gasteiger partial charge < -0.3 is 5.32 Å². The van der Waals surface area contributed by atoms with E-state index in [1.54, 1.807) is 6.20 Å². The number of nitrogens with one attached hydrogen (secondary N) is 1. The highest BCUT2D eigenvalue weighted by atomic mass is 16.1. The van der Waals surface area contributed by atoms with E-state index in [0.717, 1.165) is 28.8 Å². The van der Waals surface area contributed by atoms with Crippen LogP contribution in [-0.4, -0.2) is 25.5 Å². The highest BCUT2D eigenvalue weighted by Gasteiger charge is 2.41. The van der Waals surface area contributed by atoms with Crippen LogP contribution in [0, 0.1) is 12.3 Å². The van der Waals surface area contributed by atoms with Gasteiger partial charge in [0.2, 0.25) is 5.95 Å². The van der Waals surface area contributed by atoms with E-state index in [0.29, 0.717) is 18.2 Å². The second kappa shape index (κ2) is 6.37. The lowest BCUT2D eigenvalue weighted by atomic mass is 9.73. The zero-order valence-electron chi connectivity index (χ0n) is 16.8. The van der Waals surface area contributed by atoms with E-state index < -0.39 is 0 Å². The summed E-state index contributed by atoms with van der Waals surface area (Å²) in [6.45, 7) is 6.32. The van der Waals surface area contributed by atoms with E-state index in [1.165, 1.54) is 5.56 Å². The Labute approximate surface area is 169 Å². The van der Waals surface area contributed by atoms with Crippen molar-refractivity contribution in [2.24, 2.45) is 5.41 Å². The highest BCUT2D eigenvalue weighted by molar-refractivity contribution is 6.00. The van der Waals surface area contributed by atoms with Crippen LogP contribution < -0.4 is 5.32 Å². The number of benzene rings is 1. The Kier molecular flexibility index (Phi) is 3.91. The molecule has 2 aliphatic rings. The summed E-state index contributed by atoms with van der Waals surface area (Å²) in [7, 11) is 0. The normalized spacial score (nSPS) is 20.1. The maximum absolute atomic E-state index is 13.2. The highest BCUT2D eigenvalue weighted by Crippen LogP contribution is 2.45. The minimum absolute atomic E-state index is 0.0790. The number of carbonyl (C=O) groups excluding carboxylic acids is 1. The number of hydrogen-bond donors (Lipinski definition) is 1. The zero-order valence-corrected chi connectivity index (χ0v) is 16.8. The first-order valence-corrected chi connectivity index (χ1v) is 9.88. The van der Waals surface area contributed by atoms with Crippen LogP contribution in [0.4, 0.5) is 5.95 Å². The van der Waals surface area contributed by atoms with Gasteiger partial charge in [-0.1, -0.05) is 49.7 Å². The fourth-order valence-electron chi connectivity index (χ4n) is 4.28. The number of Topliss-reactive ketones (excluding diaryl/α,β-unsaturated/α-hetero) is 1. The second-order valence-electron chi connectivity index (χ2n) is 8.72. The van der Waals surface area contributed by atoms with Gasteiger partial charge >= 0.3 is 0 Å². The predicted molar refractivity (Wildman–Crippen MR) is 111 cm³/mol. The minimum Gasteiger partial charge on any atom is -0.328 e. The van der Waals surface area contributed by atoms with Gasteiger partial charge in [0.25, 0.3) is 0 Å². The fraction of sp³-hybridized carbons (Fsp3) is 0.304. The van der Waals surface area contributed by atoms with Crippen LogP contribution in [0.2, 0.25) is 0 Å². The van der Waals surface area contributed by atoms with Crippen LogP contribution >= 0.6 is 0 Å². The SMILES string of the molecule is Cc1ccc(-c2nc3n(n2)C(c2cccnc2)C2=C(CC(C)(C)CC2=O)N3)cc1. The van der Waals surface area contributed by atoms with Crippen molar-refractivity contribution in [3.8, 4) is 11.4 Å². The van der Waals surface area contributed by atoms with Gasteiger partial charge in [-0.25, -0.2) is 4.68 Å². The summed E-state index contributed by atoms with van der Waals surface area (Å²) in [6.07, 6.45) is 4.88. The lowest BCUT2D eigenvalue weighted by Gasteiger charge is -2.38. The van der Waals surface area contributed by atoms with Gasteiger partial charge in [0.05, 0.1) is 0 Å². The smallest absolute Gasteiger partial charge is 0.226 e. The molecule has 3 heterocycles. The average Bonchev–Trinajstić information content (AvgIpc) is 3.10.